The van der Waals surface area contributed by atoms with Crippen molar-refractivity contribution in [1.82, 2.24) is 14.9 Å². The van der Waals surface area contributed by atoms with Gasteiger partial charge in [-0.3, -0.25) is 9.59 Å². The van der Waals surface area contributed by atoms with Crippen molar-refractivity contribution in [1.29, 1.82) is 0 Å². The van der Waals surface area contributed by atoms with Crippen LogP contribution in [0.25, 0.3) is 0 Å². The van der Waals surface area contributed by atoms with Gasteiger partial charge >= 0.3 is 0 Å². The van der Waals surface area contributed by atoms with Crippen LogP contribution >= 0.6 is 11.6 Å². The number of hydrogen-bond acceptors (Lipinski definition) is 8. The van der Waals surface area contributed by atoms with Gasteiger partial charge in [-0.1, -0.05) is 30.3 Å². The molecule has 1 aliphatic heterocycles. The quantitative estimate of drug-likeness (QED) is 0.349. The Balaban J connectivity index is 1.55. The molecule has 1 saturated heterocycles. The van der Waals surface area contributed by atoms with Crippen molar-refractivity contribution in [3.8, 4) is 5.75 Å². The molecule has 0 spiro atoms. The molecule has 2 heterocycles. The number of piperazine rings is 1. The number of ketones is 1. The summed E-state index contributed by atoms with van der Waals surface area (Å²) < 4.78 is 5.61. The van der Waals surface area contributed by atoms with Crippen molar-refractivity contribution in [3.05, 3.63) is 77.6 Å². The van der Waals surface area contributed by atoms with E-state index in [-0.39, 0.29) is 22.6 Å². The van der Waals surface area contributed by atoms with Crippen LogP contribution in [0.4, 0.5) is 23.0 Å². The second-order valence-electron chi connectivity index (χ2n) is 8.29. The number of benzene rings is 2. The molecule has 1 amide bonds. The number of halogens is 1. The number of methoxy groups -OCH3 is 1. The molecule has 0 saturated carbocycles. The molecule has 0 radical (unpaired) electrons. The smallest absolute Gasteiger partial charge is 0.247 e. The number of likely N-dealkylation sites (N-methyl/N-ethyl adjacent to an activating group) is 1. The highest BCUT2D eigenvalue weighted by molar-refractivity contribution is 6.34. The molecule has 0 atom stereocenters. The van der Waals surface area contributed by atoms with E-state index in [2.05, 4.69) is 44.0 Å². The van der Waals surface area contributed by atoms with E-state index in [0.717, 1.165) is 37.9 Å². The van der Waals surface area contributed by atoms with E-state index in [1.165, 1.54) is 6.20 Å². The maximum absolute atomic E-state index is 13.2. The molecule has 2 N–H and O–H groups in total. The zero-order valence-corrected chi connectivity index (χ0v) is 20.9. The van der Waals surface area contributed by atoms with Gasteiger partial charge in [-0.2, -0.15) is 0 Å². The molecular formula is C26H27ClN6O3. The molecule has 186 valence electrons. The maximum atomic E-state index is 13.2. The van der Waals surface area contributed by atoms with Crippen LogP contribution in [0.5, 0.6) is 5.75 Å². The van der Waals surface area contributed by atoms with Crippen LogP contribution in [0.1, 0.15) is 16.1 Å². The first-order valence-electron chi connectivity index (χ1n) is 11.4. The predicted octanol–water partition coefficient (Wildman–Crippen LogP) is 3.99. The van der Waals surface area contributed by atoms with Crippen molar-refractivity contribution in [2.45, 2.75) is 0 Å². The summed E-state index contributed by atoms with van der Waals surface area (Å²) in [6.07, 6.45) is 2.53. The first kappa shape index (κ1) is 25.2. The highest BCUT2D eigenvalue weighted by Gasteiger charge is 2.19. The number of anilines is 4. The van der Waals surface area contributed by atoms with Gasteiger partial charge in [0.25, 0.3) is 0 Å². The Kier molecular flexibility index (Phi) is 7.82. The van der Waals surface area contributed by atoms with E-state index < -0.39 is 5.78 Å². The Morgan fingerprint density at radius 2 is 1.92 bits per heavy atom. The van der Waals surface area contributed by atoms with Crippen LogP contribution in [0, 0.1) is 0 Å². The second-order valence-corrected chi connectivity index (χ2v) is 8.70. The molecular weight excluding hydrogens is 480 g/mol. The first-order valence-corrected chi connectivity index (χ1v) is 11.7. The monoisotopic (exact) mass is 506 g/mol. The number of nitrogens with one attached hydrogen (secondary N) is 2. The van der Waals surface area contributed by atoms with Crippen molar-refractivity contribution in [2.75, 3.05) is 55.9 Å². The molecule has 0 unspecified atom stereocenters. The van der Waals surface area contributed by atoms with Crippen LogP contribution in [0.2, 0.25) is 5.02 Å². The standard InChI is InChI=1S/C26H27ClN6O3/c1-4-23(34)29-18-7-5-6-17(14-18)25(35)24-20(27)16-28-26(31-24)30-21-9-8-19(15-22(21)36-3)33-12-10-32(2)11-13-33/h4-9,14-16H,1,10-13H2,2-3H3,(H,29,34)(H,28,30,31). The van der Waals surface area contributed by atoms with Crippen molar-refractivity contribution >= 4 is 46.3 Å². The lowest BCUT2D eigenvalue weighted by atomic mass is 10.1. The molecule has 9 nitrogen and oxygen atoms in total. The Hall–Kier alpha value is -3.95. The zero-order valence-electron chi connectivity index (χ0n) is 20.1. The van der Waals surface area contributed by atoms with Crippen molar-refractivity contribution in [3.63, 3.8) is 0 Å². The number of nitrogens with zero attached hydrogens (tertiary/aromatic N) is 4. The molecule has 1 aliphatic rings. The number of rotatable bonds is 8. The van der Waals surface area contributed by atoms with Crippen LogP contribution in [0.3, 0.4) is 0 Å². The summed E-state index contributed by atoms with van der Waals surface area (Å²) in [6, 6.07) is 12.4. The summed E-state index contributed by atoms with van der Waals surface area (Å²) in [6.45, 7) is 7.31. The van der Waals surface area contributed by atoms with Crippen LogP contribution in [-0.2, 0) is 4.79 Å². The van der Waals surface area contributed by atoms with E-state index in [9.17, 15) is 9.59 Å². The third-order valence-electron chi connectivity index (χ3n) is 5.84. The number of hydrogen-bond donors (Lipinski definition) is 2. The fourth-order valence-corrected chi connectivity index (χ4v) is 4.00. The number of amides is 1. The first-order chi connectivity index (χ1) is 17.4. The Morgan fingerprint density at radius 3 is 2.64 bits per heavy atom. The summed E-state index contributed by atoms with van der Waals surface area (Å²) in [7, 11) is 3.72. The third-order valence-corrected chi connectivity index (χ3v) is 6.11. The minimum Gasteiger partial charge on any atom is -0.494 e. The lowest BCUT2D eigenvalue weighted by Gasteiger charge is -2.34. The normalized spacial score (nSPS) is 13.7. The molecule has 36 heavy (non-hydrogen) atoms. The van der Waals surface area contributed by atoms with E-state index in [4.69, 9.17) is 16.3 Å². The number of carbonyl (C=O) groups excluding carboxylic acids is 2. The van der Waals surface area contributed by atoms with Crippen LogP contribution < -0.4 is 20.3 Å². The van der Waals surface area contributed by atoms with E-state index in [0.29, 0.717) is 22.7 Å². The lowest BCUT2D eigenvalue weighted by Crippen LogP contribution is -2.44. The van der Waals surface area contributed by atoms with Gasteiger partial charge in [0.05, 0.1) is 24.0 Å². The van der Waals surface area contributed by atoms with E-state index in [1.807, 2.05) is 18.2 Å². The number of ether oxygens (including phenoxy) is 1. The average Bonchev–Trinajstić information content (AvgIpc) is 2.90. The summed E-state index contributed by atoms with van der Waals surface area (Å²) >= 11 is 6.28. The summed E-state index contributed by atoms with van der Waals surface area (Å²) in [5, 5.41) is 5.87. The molecule has 10 heteroatoms. The lowest BCUT2D eigenvalue weighted by molar-refractivity contribution is -0.111. The predicted molar refractivity (Wildman–Crippen MR) is 142 cm³/mol. The number of aromatic nitrogens is 2. The second kappa shape index (κ2) is 11.2. The minimum absolute atomic E-state index is 0.0365. The molecule has 4 rings (SSSR count). The van der Waals surface area contributed by atoms with Gasteiger partial charge in [0.2, 0.25) is 17.6 Å². The van der Waals surface area contributed by atoms with Gasteiger partial charge in [-0.15, -0.1) is 0 Å². The molecule has 3 aromatic rings. The Labute approximate surface area is 214 Å². The van der Waals surface area contributed by atoms with Gasteiger partial charge in [-0.05, 0) is 37.4 Å². The third kappa shape index (κ3) is 5.81. The Morgan fingerprint density at radius 1 is 1.14 bits per heavy atom. The summed E-state index contributed by atoms with van der Waals surface area (Å²) in [5.41, 5.74) is 2.54. The molecule has 0 bridgehead atoms. The summed E-state index contributed by atoms with van der Waals surface area (Å²) in [5.74, 6) is 0.0456. The van der Waals surface area contributed by atoms with Crippen molar-refractivity contribution in [2.24, 2.45) is 0 Å². The molecule has 1 aromatic heterocycles. The van der Waals surface area contributed by atoms with Gasteiger partial charge < -0.3 is 25.2 Å². The molecule has 2 aromatic carbocycles. The number of carbonyl (C=O) groups is 2. The Bertz CT molecular complexity index is 1290. The molecule has 1 fully saturated rings. The zero-order chi connectivity index (χ0) is 25.7. The largest absolute Gasteiger partial charge is 0.494 e. The van der Waals surface area contributed by atoms with E-state index in [1.54, 1.807) is 31.4 Å². The fraction of sp³-hybridized carbons (Fsp3) is 0.231. The van der Waals surface area contributed by atoms with Gasteiger partial charge in [0, 0.05) is 49.2 Å². The van der Waals surface area contributed by atoms with Crippen LogP contribution in [-0.4, -0.2) is 66.9 Å². The topological polar surface area (TPSA) is 99.7 Å². The highest BCUT2D eigenvalue weighted by Crippen LogP contribution is 2.32. The maximum Gasteiger partial charge on any atom is 0.247 e. The minimum atomic E-state index is -0.405. The summed E-state index contributed by atoms with van der Waals surface area (Å²) in [4.78, 5) is 38.0. The van der Waals surface area contributed by atoms with Gasteiger partial charge in [0.15, 0.2) is 0 Å². The van der Waals surface area contributed by atoms with E-state index >= 15 is 0 Å². The fourth-order valence-electron chi connectivity index (χ4n) is 3.82. The highest BCUT2D eigenvalue weighted by atomic mass is 35.5. The molecule has 0 aliphatic carbocycles. The SMILES string of the molecule is C=CC(=O)Nc1cccc(C(=O)c2nc(Nc3ccc(N4CCN(C)CC4)cc3OC)ncc2Cl)c1. The van der Waals surface area contributed by atoms with Crippen molar-refractivity contribution < 1.29 is 14.3 Å². The van der Waals surface area contributed by atoms with Gasteiger partial charge in [-0.25, -0.2) is 9.97 Å². The van der Waals surface area contributed by atoms with Gasteiger partial charge in [0.1, 0.15) is 11.4 Å². The average molecular weight is 507 g/mol. The van der Waals surface area contributed by atoms with Crippen LogP contribution in [0.15, 0.2) is 61.3 Å².